The van der Waals surface area contributed by atoms with E-state index >= 15 is 0 Å². The zero-order chi connectivity index (χ0) is 20.0. The van der Waals surface area contributed by atoms with Gasteiger partial charge in [-0.2, -0.15) is 5.10 Å². The highest BCUT2D eigenvalue weighted by Gasteiger charge is 2.57. The summed E-state index contributed by atoms with van der Waals surface area (Å²) < 4.78 is 5.53. The number of furan rings is 1. The number of para-hydroxylation sites is 1. The summed E-state index contributed by atoms with van der Waals surface area (Å²) in [5.74, 6) is -0.765. The zero-order valence-electron chi connectivity index (χ0n) is 15.9. The first kappa shape index (κ1) is 17.4. The predicted molar refractivity (Wildman–Crippen MR) is 110 cm³/mol. The summed E-state index contributed by atoms with van der Waals surface area (Å²) in [5.41, 5.74) is 2.97. The SMILES string of the molecule is CCc1ccc(N2C(=O)[C@H]3C(c4ccco4)=NN(c4ccccc4)[C@H]3C2=O)cc1. The Morgan fingerprint density at radius 3 is 2.31 bits per heavy atom. The number of carbonyl (C=O) groups is 2. The van der Waals surface area contributed by atoms with E-state index in [1.165, 1.54) is 4.90 Å². The fourth-order valence-corrected chi connectivity index (χ4v) is 3.97. The molecule has 0 radical (unpaired) electrons. The third-order valence-electron chi connectivity index (χ3n) is 5.45. The quantitative estimate of drug-likeness (QED) is 0.644. The van der Waals surface area contributed by atoms with E-state index in [0.29, 0.717) is 17.2 Å². The molecule has 2 amide bonds. The number of rotatable bonds is 4. The summed E-state index contributed by atoms with van der Waals surface area (Å²) in [6, 6.07) is 19.7. The maximum atomic E-state index is 13.4. The molecule has 3 aromatic rings. The summed E-state index contributed by atoms with van der Waals surface area (Å²) in [7, 11) is 0. The van der Waals surface area contributed by atoms with Gasteiger partial charge in [-0.25, -0.2) is 4.90 Å². The van der Waals surface area contributed by atoms with Crippen LogP contribution in [0.4, 0.5) is 11.4 Å². The summed E-state index contributed by atoms with van der Waals surface area (Å²) in [4.78, 5) is 28.1. The van der Waals surface area contributed by atoms with Gasteiger partial charge in [0.2, 0.25) is 5.91 Å². The smallest absolute Gasteiger partial charge is 0.259 e. The molecule has 0 spiro atoms. The number of nitrogens with zero attached hydrogens (tertiary/aromatic N) is 3. The average Bonchev–Trinajstić information content (AvgIpc) is 3.47. The monoisotopic (exact) mass is 385 g/mol. The normalized spacial score (nSPS) is 20.9. The third kappa shape index (κ3) is 2.68. The van der Waals surface area contributed by atoms with Crippen molar-refractivity contribution in [1.82, 2.24) is 0 Å². The molecule has 1 saturated heterocycles. The number of anilines is 2. The maximum Gasteiger partial charge on any atom is 0.259 e. The van der Waals surface area contributed by atoms with E-state index in [2.05, 4.69) is 12.0 Å². The summed E-state index contributed by atoms with van der Waals surface area (Å²) in [6.45, 7) is 2.06. The number of carbonyl (C=O) groups excluding carboxylic acids is 2. The van der Waals surface area contributed by atoms with Crippen LogP contribution in [0, 0.1) is 5.92 Å². The van der Waals surface area contributed by atoms with Crippen LogP contribution in [0.1, 0.15) is 18.2 Å². The second-order valence-corrected chi connectivity index (χ2v) is 7.10. The summed E-state index contributed by atoms with van der Waals surface area (Å²) >= 11 is 0. The van der Waals surface area contributed by atoms with Gasteiger partial charge in [0.25, 0.3) is 5.91 Å². The molecule has 0 bridgehead atoms. The lowest BCUT2D eigenvalue weighted by Crippen LogP contribution is -2.39. The number of aryl methyl sites for hydroxylation is 1. The molecular weight excluding hydrogens is 366 g/mol. The van der Waals surface area contributed by atoms with Gasteiger partial charge in [0.05, 0.1) is 17.6 Å². The molecular formula is C23H19N3O3. The number of benzene rings is 2. The minimum Gasteiger partial charge on any atom is -0.463 e. The van der Waals surface area contributed by atoms with Gasteiger partial charge in [-0.3, -0.25) is 14.6 Å². The van der Waals surface area contributed by atoms with Crippen molar-refractivity contribution in [2.75, 3.05) is 9.91 Å². The van der Waals surface area contributed by atoms with E-state index in [0.717, 1.165) is 17.7 Å². The molecule has 1 fully saturated rings. The van der Waals surface area contributed by atoms with E-state index in [1.54, 1.807) is 23.4 Å². The Morgan fingerprint density at radius 1 is 0.897 bits per heavy atom. The molecule has 2 atom stereocenters. The van der Waals surface area contributed by atoms with Crippen molar-refractivity contribution in [3.63, 3.8) is 0 Å². The third-order valence-corrected chi connectivity index (χ3v) is 5.45. The largest absolute Gasteiger partial charge is 0.463 e. The van der Waals surface area contributed by atoms with Gasteiger partial charge in [-0.05, 0) is 48.4 Å². The van der Waals surface area contributed by atoms with Crippen molar-refractivity contribution in [1.29, 1.82) is 0 Å². The van der Waals surface area contributed by atoms with Crippen LogP contribution in [0.15, 0.2) is 82.5 Å². The molecule has 3 heterocycles. The van der Waals surface area contributed by atoms with E-state index < -0.39 is 12.0 Å². The van der Waals surface area contributed by atoms with Gasteiger partial charge in [0.15, 0.2) is 5.76 Å². The molecule has 5 rings (SSSR count). The van der Waals surface area contributed by atoms with Gasteiger partial charge in [0.1, 0.15) is 17.7 Å². The Morgan fingerprint density at radius 2 is 1.66 bits per heavy atom. The molecule has 144 valence electrons. The highest BCUT2D eigenvalue weighted by molar-refractivity contribution is 6.33. The molecule has 2 aliphatic heterocycles. The standard InChI is InChI=1S/C23H19N3O3/c1-2-15-10-12-16(13-11-15)25-22(27)19-20(18-9-6-14-29-18)24-26(21(19)23(25)28)17-7-4-3-5-8-17/h3-14,19,21H,2H2,1H3/t19-,21+/m0/s1. The van der Waals surface area contributed by atoms with Gasteiger partial charge in [0, 0.05) is 0 Å². The van der Waals surface area contributed by atoms with Crippen LogP contribution in [0.3, 0.4) is 0 Å². The molecule has 0 aliphatic carbocycles. The summed E-state index contributed by atoms with van der Waals surface area (Å²) in [5, 5.41) is 6.27. The average molecular weight is 385 g/mol. The van der Waals surface area contributed by atoms with Crippen LogP contribution >= 0.6 is 0 Å². The number of fused-ring (bicyclic) bond motifs is 1. The molecule has 6 nitrogen and oxygen atoms in total. The van der Waals surface area contributed by atoms with Crippen molar-refractivity contribution in [3.05, 3.63) is 84.3 Å². The van der Waals surface area contributed by atoms with Crippen molar-refractivity contribution >= 4 is 28.9 Å². The van der Waals surface area contributed by atoms with Crippen molar-refractivity contribution in [3.8, 4) is 0 Å². The van der Waals surface area contributed by atoms with Crippen LogP contribution < -0.4 is 9.91 Å². The fourth-order valence-electron chi connectivity index (χ4n) is 3.97. The van der Waals surface area contributed by atoms with Crippen molar-refractivity contribution < 1.29 is 14.0 Å². The zero-order valence-corrected chi connectivity index (χ0v) is 15.9. The van der Waals surface area contributed by atoms with E-state index in [4.69, 9.17) is 4.42 Å². The minimum atomic E-state index is -0.726. The molecule has 6 heteroatoms. The Balaban J connectivity index is 1.60. The first-order valence-corrected chi connectivity index (χ1v) is 9.62. The van der Waals surface area contributed by atoms with Crippen molar-refractivity contribution in [2.45, 2.75) is 19.4 Å². The highest BCUT2D eigenvalue weighted by Crippen LogP contribution is 2.39. The highest BCUT2D eigenvalue weighted by atomic mass is 16.3. The lowest BCUT2D eigenvalue weighted by atomic mass is 9.96. The van der Waals surface area contributed by atoms with Gasteiger partial charge in [-0.15, -0.1) is 0 Å². The van der Waals surface area contributed by atoms with E-state index in [1.807, 2.05) is 54.6 Å². The minimum absolute atomic E-state index is 0.279. The molecule has 29 heavy (non-hydrogen) atoms. The first-order valence-electron chi connectivity index (χ1n) is 9.62. The molecule has 2 aromatic carbocycles. The van der Waals surface area contributed by atoms with Crippen LogP contribution in [0.5, 0.6) is 0 Å². The Bertz CT molecular complexity index is 1090. The Labute approximate surface area is 168 Å². The van der Waals surface area contributed by atoms with Crippen LogP contribution in [-0.2, 0) is 16.0 Å². The second kappa shape index (κ2) is 6.74. The predicted octanol–water partition coefficient (Wildman–Crippen LogP) is 3.62. The Kier molecular flexibility index (Phi) is 4.05. The number of hydrogen-bond acceptors (Lipinski definition) is 5. The van der Waals surface area contributed by atoms with Gasteiger partial charge < -0.3 is 4.42 Å². The lowest BCUT2D eigenvalue weighted by molar-refractivity contribution is -0.121. The first-order chi connectivity index (χ1) is 14.2. The second-order valence-electron chi connectivity index (χ2n) is 7.10. The molecule has 0 saturated carbocycles. The Hall–Kier alpha value is -3.67. The number of hydrogen-bond donors (Lipinski definition) is 0. The summed E-state index contributed by atoms with van der Waals surface area (Å²) in [6.07, 6.45) is 2.44. The molecule has 0 N–H and O–H groups in total. The number of imide groups is 1. The van der Waals surface area contributed by atoms with Gasteiger partial charge >= 0.3 is 0 Å². The number of amides is 2. The topological polar surface area (TPSA) is 66.1 Å². The van der Waals surface area contributed by atoms with Gasteiger partial charge in [-0.1, -0.05) is 37.3 Å². The lowest BCUT2D eigenvalue weighted by Gasteiger charge is -2.22. The number of hydrazone groups is 1. The van der Waals surface area contributed by atoms with E-state index in [9.17, 15) is 9.59 Å². The molecule has 2 aliphatic rings. The molecule has 1 aromatic heterocycles. The fraction of sp³-hybridized carbons (Fsp3) is 0.174. The maximum absolute atomic E-state index is 13.4. The van der Waals surface area contributed by atoms with E-state index in [-0.39, 0.29) is 11.8 Å². The van der Waals surface area contributed by atoms with Crippen LogP contribution in [0.2, 0.25) is 0 Å². The van der Waals surface area contributed by atoms with Crippen molar-refractivity contribution in [2.24, 2.45) is 11.0 Å². The molecule has 0 unspecified atom stereocenters. The van der Waals surface area contributed by atoms with Crippen LogP contribution in [-0.4, -0.2) is 23.6 Å². The van der Waals surface area contributed by atoms with Crippen LogP contribution in [0.25, 0.3) is 0 Å².